The van der Waals surface area contributed by atoms with Crippen LogP contribution in [0, 0.1) is 0 Å². The highest BCUT2D eigenvalue weighted by Gasteiger charge is 2.41. The minimum atomic E-state index is -2.80. The molecule has 11 aromatic carbocycles. The lowest BCUT2D eigenvalue weighted by Gasteiger charge is -2.34. The van der Waals surface area contributed by atoms with Gasteiger partial charge in [0.15, 0.2) is 8.07 Å². The van der Waals surface area contributed by atoms with Crippen molar-refractivity contribution in [3.05, 3.63) is 273 Å². The van der Waals surface area contributed by atoms with Crippen molar-refractivity contribution >= 4 is 94.2 Å². The van der Waals surface area contributed by atoms with Crippen LogP contribution in [0.3, 0.4) is 0 Å². The molecule has 4 heteroatoms. The molecule has 0 bridgehead atoms. The molecule has 0 unspecified atom stereocenters. The van der Waals surface area contributed by atoms with Crippen molar-refractivity contribution in [3.8, 4) is 28.2 Å². The van der Waals surface area contributed by atoms with Gasteiger partial charge < -0.3 is 13.7 Å². The summed E-state index contributed by atoms with van der Waals surface area (Å²) in [5, 5.41) is 12.9. The van der Waals surface area contributed by atoms with E-state index in [1.54, 1.807) is 0 Å². The highest BCUT2D eigenvalue weighted by molar-refractivity contribution is 7.20. The Morgan fingerprint density at radius 1 is 0.229 bits per heavy atom. The summed E-state index contributed by atoms with van der Waals surface area (Å²) in [6, 6.07) is 101. The van der Waals surface area contributed by atoms with Crippen LogP contribution >= 0.6 is 0 Å². The molecular formula is C66H45N3Si. The number of rotatable bonds is 8. The number of nitrogens with zero attached hydrogens (tertiary/aromatic N) is 3. The summed E-state index contributed by atoms with van der Waals surface area (Å²) in [7, 11) is -2.80. The van der Waals surface area contributed by atoms with Crippen molar-refractivity contribution in [2.24, 2.45) is 0 Å². The van der Waals surface area contributed by atoms with Gasteiger partial charge in [-0.1, -0.05) is 206 Å². The molecule has 3 nitrogen and oxygen atoms in total. The molecule has 0 N–H and O–H groups in total. The molecule has 328 valence electrons. The summed E-state index contributed by atoms with van der Waals surface area (Å²) >= 11 is 0. The van der Waals surface area contributed by atoms with Gasteiger partial charge in [-0.15, -0.1) is 0 Å². The standard InChI is InChI=1S/C66H45N3Si/c1-4-23-49(24-5-1)70(50-25-6-2-7-26-50,51-27-8-3-9-28-51)52-40-41-58-56-32-13-18-37-63(56)68(66(58)45-52)47-22-20-21-46(43-47)53-29-10-15-34-60(53)69-64-38-19-14-33-57(64)59-44-48(39-42-65(59)69)67-61-35-16-11-30-54(61)55-31-12-17-36-62(55)67/h1-45H. The van der Waals surface area contributed by atoms with Crippen LogP contribution in [0.4, 0.5) is 0 Å². The van der Waals surface area contributed by atoms with Gasteiger partial charge in [-0.2, -0.15) is 0 Å². The van der Waals surface area contributed by atoms with E-state index in [1.807, 2.05) is 0 Å². The van der Waals surface area contributed by atoms with Gasteiger partial charge in [-0.25, -0.2) is 0 Å². The molecule has 0 aliphatic heterocycles. The van der Waals surface area contributed by atoms with Crippen molar-refractivity contribution in [2.75, 3.05) is 0 Å². The maximum absolute atomic E-state index is 2.80. The third-order valence-electron chi connectivity index (χ3n) is 14.8. The lowest BCUT2D eigenvalue weighted by molar-refractivity contribution is 1.16. The lowest BCUT2D eigenvalue weighted by atomic mass is 10.0. The van der Waals surface area contributed by atoms with E-state index in [4.69, 9.17) is 0 Å². The van der Waals surface area contributed by atoms with Crippen LogP contribution in [0.2, 0.25) is 0 Å². The molecule has 3 aromatic heterocycles. The monoisotopic (exact) mass is 907 g/mol. The summed E-state index contributed by atoms with van der Waals surface area (Å²) in [6.07, 6.45) is 0. The number of hydrogen-bond donors (Lipinski definition) is 0. The van der Waals surface area contributed by atoms with E-state index >= 15 is 0 Å². The first-order chi connectivity index (χ1) is 34.8. The minimum absolute atomic E-state index is 1.13. The molecule has 0 fully saturated rings. The summed E-state index contributed by atoms with van der Waals surface area (Å²) < 4.78 is 7.38. The van der Waals surface area contributed by atoms with E-state index in [-0.39, 0.29) is 0 Å². The van der Waals surface area contributed by atoms with Gasteiger partial charge in [-0.3, -0.25) is 0 Å². The third kappa shape index (κ3) is 6.00. The Kier molecular flexibility index (Phi) is 9.23. The second-order valence-corrected chi connectivity index (χ2v) is 22.2. The summed E-state index contributed by atoms with van der Waals surface area (Å²) in [5.74, 6) is 0. The van der Waals surface area contributed by atoms with Gasteiger partial charge >= 0.3 is 0 Å². The Morgan fingerprint density at radius 3 is 1.23 bits per heavy atom. The zero-order valence-electron chi connectivity index (χ0n) is 38.3. The first-order valence-corrected chi connectivity index (χ1v) is 26.2. The molecule has 3 heterocycles. The SMILES string of the molecule is c1ccc([Si](c2ccccc2)(c2ccccc2)c2ccc3c4ccccc4n(-c4cccc(-c5ccccc5-n5c6ccccc6c6cc(-n7c8ccccc8c8ccccc87)ccc65)c4)c3c2)cc1. The van der Waals surface area contributed by atoms with Crippen LogP contribution in [0.15, 0.2) is 273 Å². The Labute approximate surface area is 407 Å². The fourth-order valence-corrected chi connectivity index (χ4v) is 16.6. The molecule has 0 radical (unpaired) electrons. The Bertz CT molecular complexity index is 4150. The number of para-hydroxylation sites is 5. The summed E-state index contributed by atoms with van der Waals surface area (Å²) in [4.78, 5) is 0. The third-order valence-corrected chi connectivity index (χ3v) is 19.6. The normalized spacial score (nSPS) is 12.0. The van der Waals surface area contributed by atoms with Gasteiger partial charge in [0.2, 0.25) is 0 Å². The first kappa shape index (κ1) is 40.1. The summed E-state index contributed by atoms with van der Waals surface area (Å²) in [6.45, 7) is 0. The van der Waals surface area contributed by atoms with Crippen LogP contribution in [-0.2, 0) is 0 Å². The largest absolute Gasteiger partial charge is 0.309 e. The highest BCUT2D eigenvalue weighted by Crippen LogP contribution is 2.40. The second kappa shape index (κ2) is 16.1. The van der Waals surface area contributed by atoms with Crippen LogP contribution in [-0.4, -0.2) is 21.8 Å². The van der Waals surface area contributed by atoms with Gasteiger partial charge in [-0.05, 0) is 93.0 Å². The van der Waals surface area contributed by atoms with Crippen LogP contribution in [0.1, 0.15) is 0 Å². The number of hydrogen-bond acceptors (Lipinski definition) is 0. The molecule has 70 heavy (non-hydrogen) atoms. The Hall–Kier alpha value is -8.96. The molecule has 0 amide bonds. The van der Waals surface area contributed by atoms with Gasteiger partial charge in [0.05, 0.1) is 38.8 Å². The molecule has 14 aromatic rings. The van der Waals surface area contributed by atoms with Crippen molar-refractivity contribution in [3.63, 3.8) is 0 Å². The Balaban J connectivity index is 0.961. The number of fused-ring (bicyclic) bond motifs is 9. The molecule has 0 aliphatic rings. The smallest absolute Gasteiger partial charge is 0.179 e. The predicted octanol–water partition coefficient (Wildman–Crippen LogP) is 14.0. The van der Waals surface area contributed by atoms with Crippen LogP contribution < -0.4 is 20.7 Å². The van der Waals surface area contributed by atoms with Crippen molar-refractivity contribution in [1.82, 2.24) is 13.7 Å². The fourth-order valence-electron chi connectivity index (χ4n) is 11.8. The zero-order chi connectivity index (χ0) is 46.2. The van der Waals surface area contributed by atoms with E-state index in [1.165, 1.54) is 91.7 Å². The second-order valence-electron chi connectivity index (χ2n) is 18.4. The molecular weight excluding hydrogens is 863 g/mol. The van der Waals surface area contributed by atoms with Gasteiger partial charge in [0.25, 0.3) is 0 Å². The van der Waals surface area contributed by atoms with Crippen LogP contribution in [0.5, 0.6) is 0 Å². The molecule has 0 saturated heterocycles. The van der Waals surface area contributed by atoms with Gasteiger partial charge in [0, 0.05) is 49.3 Å². The minimum Gasteiger partial charge on any atom is -0.309 e. The first-order valence-electron chi connectivity index (χ1n) is 24.2. The number of benzene rings is 11. The molecule has 0 aliphatic carbocycles. The van der Waals surface area contributed by atoms with E-state index in [2.05, 4.69) is 287 Å². The van der Waals surface area contributed by atoms with Gasteiger partial charge in [0.1, 0.15) is 0 Å². The van der Waals surface area contributed by atoms with E-state index in [0.717, 1.165) is 22.6 Å². The average Bonchev–Trinajstić information content (AvgIpc) is 4.07. The van der Waals surface area contributed by atoms with Crippen molar-refractivity contribution in [1.29, 1.82) is 0 Å². The average molecular weight is 908 g/mol. The van der Waals surface area contributed by atoms with Crippen LogP contribution in [0.25, 0.3) is 93.6 Å². The summed E-state index contributed by atoms with van der Waals surface area (Å²) in [5.41, 5.74) is 12.9. The van der Waals surface area contributed by atoms with E-state index in [9.17, 15) is 0 Å². The maximum Gasteiger partial charge on any atom is 0.179 e. The van der Waals surface area contributed by atoms with Crippen molar-refractivity contribution < 1.29 is 0 Å². The van der Waals surface area contributed by atoms with E-state index in [0.29, 0.717) is 0 Å². The Morgan fingerprint density at radius 2 is 0.657 bits per heavy atom. The number of aromatic nitrogens is 3. The fraction of sp³-hybridized carbons (Fsp3) is 0. The molecule has 0 spiro atoms. The zero-order valence-corrected chi connectivity index (χ0v) is 39.3. The van der Waals surface area contributed by atoms with E-state index < -0.39 is 8.07 Å². The maximum atomic E-state index is 2.51. The molecule has 0 saturated carbocycles. The van der Waals surface area contributed by atoms with Crippen molar-refractivity contribution in [2.45, 2.75) is 0 Å². The quantitative estimate of drug-likeness (QED) is 0.107. The predicted molar refractivity (Wildman–Crippen MR) is 299 cm³/mol. The molecule has 0 atom stereocenters. The topological polar surface area (TPSA) is 14.8 Å². The molecule has 14 rings (SSSR count). The highest BCUT2D eigenvalue weighted by atomic mass is 28.3. The lowest BCUT2D eigenvalue weighted by Crippen LogP contribution is -2.74.